The SMILES string of the molecule is COC(=O)Cc1cccc(N(C(=O)Cn2ccnc2C)C(C(=O)NC2CCCCC2)c2ccccc2C)c1. The lowest BCUT2D eigenvalue weighted by molar-refractivity contribution is -0.139. The monoisotopic (exact) mass is 516 g/mol. The van der Waals surface area contributed by atoms with E-state index in [9.17, 15) is 14.4 Å². The first kappa shape index (κ1) is 27.1. The maximum absolute atomic E-state index is 14.1. The Morgan fingerprint density at radius 3 is 2.53 bits per heavy atom. The topological polar surface area (TPSA) is 93.5 Å². The first-order chi connectivity index (χ1) is 18.4. The van der Waals surface area contributed by atoms with Crippen LogP contribution in [0.25, 0.3) is 0 Å². The number of aromatic nitrogens is 2. The second-order valence-electron chi connectivity index (χ2n) is 9.89. The minimum Gasteiger partial charge on any atom is -0.469 e. The largest absolute Gasteiger partial charge is 0.469 e. The number of amides is 2. The normalized spacial score (nSPS) is 14.5. The summed E-state index contributed by atoms with van der Waals surface area (Å²) in [6.07, 6.45) is 8.68. The summed E-state index contributed by atoms with van der Waals surface area (Å²) in [5.74, 6) is -0.134. The molecule has 0 spiro atoms. The number of aryl methyl sites for hydroxylation is 2. The number of hydrogen-bond donors (Lipinski definition) is 1. The number of ether oxygens (including phenoxy) is 1. The molecule has 1 saturated carbocycles. The minimum absolute atomic E-state index is 0.0200. The molecule has 1 unspecified atom stereocenters. The Kier molecular flexibility index (Phi) is 8.94. The third-order valence-corrected chi connectivity index (χ3v) is 7.20. The lowest BCUT2D eigenvalue weighted by atomic mass is 9.93. The molecule has 4 rings (SSSR count). The molecule has 8 nitrogen and oxygen atoms in total. The van der Waals surface area contributed by atoms with Gasteiger partial charge in [0.25, 0.3) is 0 Å². The van der Waals surface area contributed by atoms with E-state index in [4.69, 9.17) is 4.74 Å². The number of nitrogens with zero attached hydrogens (tertiary/aromatic N) is 3. The van der Waals surface area contributed by atoms with Crippen molar-refractivity contribution < 1.29 is 19.1 Å². The van der Waals surface area contributed by atoms with Gasteiger partial charge in [-0.25, -0.2) is 4.98 Å². The third kappa shape index (κ3) is 6.49. The number of rotatable bonds is 9. The standard InChI is InChI=1S/C30H36N4O4/c1-21-10-7-8-15-26(21)29(30(37)32-24-12-5-4-6-13-24)34(27(35)20-33-17-16-31-22(33)2)25-14-9-11-23(18-25)19-28(36)38-3/h7-11,14-18,24,29H,4-6,12-13,19-20H2,1-3H3,(H,32,37). The van der Waals surface area contributed by atoms with Crippen LogP contribution in [0.4, 0.5) is 5.69 Å². The number of carbonyl (C=O) groups excluding carboxylic acids is 3. The molecule has 1 atom stereocenters. The Hall–Kier alpha value is -3.94. The van der Waals surface area contributed by atoms with Crippen LogP contribution in [0.5, 0.6) is 0 Å². The Morgan fingerprint density at radius 2 is 1.84 bits per heavy atom. The number of carbonyl (C=O) groups is 3. The zero-order valence-electron chi connectivity index (χ0n) is 22.4. The molecule has 2 aromatic carbocycles. The second kappa shape index (κ2) is 12.5. The van der Waals surface area contributed by atoms with Crippen molar-refractivity contribution in [2.75, 3.05) is 12.0 Å². The summed E-state index contributed by atoms with van der Waals surface area (Å²) in [4.78, 5) is 46.0. The molecular weight excluding hydrogens is 480 g/mol. The molecule has 0 aliphatic heterocycles. The highest BCUT2D eigenvalue weighted by Gasteiger charge is 2.35. The van der Waals surface area contributed by atoms with E-state index in [-0.39, 0.29) is 36.8 Å². The molecule has 38 heavy (non-hydrogen) atoms. The molecule has 1 aliphatic carbocycles. The average molecular weight is 517 g/mol. The Labute approximate surface area is 224 Å². The fourth-order valence-electron chi connectivity index (χ4n) is 5.10. The number of esters is 1. The van der Waals surface area contributed by atoms with Crippen LogP contribution in [-0.4, -0.2) is 40.5 Å². The summed E-state index contributed by atoms with van der Waals surface area (Å²) in [5.41, 5.74) is 2.91. The van der Waals surface area contributed by atoms with Gasteiger partial charge in [-0.15, -0.1) is 0 Å². The molecule has 1 heterocycles. The highest BCUT2D eigenvalue weighted by atomic mass is 16.5. The van der Waals surface area contributed by atoms with Crippen molar-refractivity contribution in [1.29, 1.82) is 0 Å². The van der Waals surface area contributed by atoms with Crippen LogP contribution >= 0.6 is 0 Å². The molecule has 3 aromatic rings. The minimum atomic E-state index is -0.886. The quantitative estimate of drug-likeness (QED) is 0.425. The average Bonchev–Trinajstić information content (AvgIpc) is 3.32. The molecule has 2 amide bonds. The van der Waals surface area contributed by atoms with Gasteiger partial charge in [0.2, 0.25) is 11.8 Å². The number of anilines is 1. The molecule has 1 N–H and O–H groups in total. The molecule has 1 aromatic heterocycles. The van der Waals surface area contributed by atoms with E-state index in [2.05, 4.69) is 10.3 Å². The number of nitrogens with one attached hydrogen (secondary N) is 1. The summed E-state index contributed by atoms with van der Waals surface area (Å²) >= 11 is 0. The summed E-state index contributed by atoms with van der Waals surface area (Å²) in [6.45, 7) is 3.81. The van der Waals surface area contributed by atoms with Gasteiger partial charge in [0.1, 0.15) is 18.4 Å². The zero-order valence-corrected chi connectivity index (χ0v) is 22.4. The van der Waals surface area contributed by atoms with Gasteiger partial charge in [-0.1, -0.05) is 55.7 Å². The first-order valence-corrected chi connectivity index (χ1v) is 13.2. The van der Waals surface area contributed by atoms with Gasteiger partial charge in [-0.05, 0) is 55.5 Å². The molecular formula is C30H36N4O4. The van der Waals surface area contributed by atoms with Crippen LogP contribution in [0.3, 0.4) is 0 Å². The number of imidazole rings is 1. The van der Waals surface area contributed by atoms with E-state index in [1.807, 2.05) is 44.2 Å². The predicted octanol–water partition coefficient (Wildman–Crippen LogP) is 4.44. The van der Waals surface area contributed by atoms with Crippen molar-refractivity contribution in [3.63, 3.8) is 0 Å². The third-order valence-electron chi connectivity index (χ3n) is 7.20. The van der Waals surface area contributed by atoms with Crippen molar-refractivity contribution in [3.05, 3.63) is 83.4 Å². The molecule has 1 fully saturated rings. The number of methoxy groups -OCH3 is 1. The van der Waals surface area contributed by atoms with E-state index in [1.54, 1.807) is 40.1 Å². The van der Waals surface area contributed by atoms with Crippen molar-refractivity contribution in [1.82, 2.24) is 14.9 Å². The molecule has 8 heteroatoms. The van der Waals surface area contributed by atoms with Crippen LogP contribution in [0.15, 0.2) is 60.9 Å². The smallest absolute Gasteiger partial charge is 0.309 e. The van der Waals surface area contributed by atoms with Crippen molar-refractivity contribution >= 4 is 23.5 Å². The van der Waals surface area contributed by atoms with E-state index in [1.165, 1.54) is 13.5 Å². The van der Waals surface area contributed by atoms with E-state index < -0.39 is 6.04 Å². The number of hydrogen-bond acceptors (Lipinski definition) is 5. The van der Waals surface area contributed by atoms with Gasteiger partial charge in [0.05, 0.1) is 13.5 Å². The molecule has 1 aliphatic rings. The predicted molar refractivity (Wildman–Crippen MR) is 146 cm³/mol. The lowest BCUT2D eigenvalue weighted by Gasteiger charge is -2.34. The van der Waals surface area contributed by atoms with Crippen molar-refractivity contribution in [3.8, 4) is 0 Å². The fraction of sp³-hybridized carbons (Fsp3) is 0.400. The van der Waals surface area contributed by atoms with Gasteiger partial charge in [-0.2, -0.15) is 0 Å². The maximum Gasteiger partial charge on any atom is 0.309 e. The summed E-state index contributed by atoms with van der Waals surface area (Å²) in [7, 11) is 1.35. The van der Waals surface area contributed by atoms with E-state index in [0.29, 0.717) is 17.1 Å². The molecule has 0 saturated heterocycles. The van der Waals surface area contributed by atoms with Crippen LogP contribution in [0.1, 0.15) is 60.7 Å². The highest BCUT2D eigenvalue weighted by molar-refractivity contribution is 6.01. The van der Waals surface area contributed by atoms with Crippen molar-refractivity contribution in [2.45, 2.75) is 71.0 Å². The van der Waals surface area contributed by atoms with Gasteiger partial charge < -0.3 is 14.6 Å². The Morgan fingerprint density at radius 1 is 1.08 bits per heavy atom. The second-order valence-corrected chi connectivity index (χ2v) is 9.89. The fourth-order valence-corrected chi connectivity index (χ4v) is 5.10. The van der Waals surface area contributed by atoms with Crippen LogP contribution in [0, 0.1) is 13.8 Å². The molecule has 0 radical (unpaired) electrons. The van der Waals surface area contributed by atoms with Gasteiger partial charge in [0.15, 0.2) is 0 Å². The Balaban J connectivity index is 1.79. The van der Waals surface area contributed by atoms with Gasteiger partial charge >= 0.3 is 5.97 Å². The van der Waals surface area contributed by atoms with Gasteiger partial charge in [-0.3, -0.25) is 19.3 Å². The summed E-state index contributed by atoms with van der Waals surface area (Å²) in [5, 5.41) is 3.25. The van der Waals surface area contributed by atoms with E-state index >= 15 is 0 Å². The van der Waals surface area contributed by atoms with Gasteiger partial charge in [0, 0.05) is 24.1 Å². The molecule has 0 bridgehead atoms. The lowest BCUT2D eigenvalue weighted by Crippen LogP contribution is -2.48. The highest BCUT2D eigenvalue weighted by Crippen LogP contribution is 2.32. The Bertz CT molecular complexity index is 1280. The molecule has 200 valence electrons. The van der Waals surface area contributed by atoms with Crippen molar-refractivity contribution in [2.24, 2.45) is 0 Å². The summed E-state index contributed by atoms with van der Waals surface area (Å²) < 4.78 is 6.61. The zero-order chi connectivity index (χ0) is 27.1. The van der Waals surface area contributed by atoms with Crippen LogP contribution in [-0.2, 0) is 32.1 Å². The summed E-state index contributed by atoms with van der Waals surface area (Å²) in [6, 6.07) is 14.1. The number of benzene rings is 2. The van der Waals surface area contributed by atoms with Crippen LogP contribution < -0.4 is 10.2 Å². The van der Waals surface area contributed by atoms with Crippen LogP contribution in [0.2, 0.25) is 0 Å². The maximum atomic E-state index is 14.1. The first-order valence-electron chi connectivity index (χ1n) is 13.2. The van der Waals surface area contributed by atoms with E-state index in [0.717, 1.165) is 36.8 Å².